The molecule has 2 aliphatic heterocycles. The van der Waals surface area contributed by atoms with Crippen LogP contribution in [0, 0.1) is 0 Å². The van der Waals surface area contributed by atoms with Crippen LogP contribution in [-0.2, 0) is 9.53 Å². The fourth-order valence-electron chi connectivity index (χ4n) is 3.21. The van der Waals surface area contributed by atoms with E-state index in [2.05, 4.69) is 20.5 Å². The molecule has 0 aromatic heterocycles. The summed E-state index contributed by atoms with van der Waals surface area (Å²) in [6.45, 7) is 9.48. The number of hydrogen-bond acceptors (Lipinski definition) is 4. The predicted molar refractivity (Wildman–Crippen MR) is 112 cm³/mol. The van der Waals surface area contributed by atoms with Gasteiger partial charge in [-0.25, -0.2) is 0 Å². The number of ether oxygens (including phenoxy) is 1. The Morgan fingerprint density at radius 1 is 1.24 bits per heavy atom. The zero-order valence-corrected chi connectivity index (χ0v) is 18.0. The van der Waals surface area contributed by atoms with Crippen LogP contribution < -0.4 is 10.6 Å². The minimum absolute atomic E-state index is 0. The van der Waals surface area contributed by atoms with Gasteiger partial charge in [-0.05, 0) is 25.8 Å². The molecule has 146 valence electrons. The van der Waals surface area contributed by atoms with Crippen molar-refractivity contribution in [3.63, 3.8) is 0 Å². The number of morpholine rings is 1. The average Bonchev–Trinajstić information content (AvgIpc) is 3.09. The highest BCUT2D eigenvalue weighted by Crippen LogP contribution is 2.10. The minimum Gasteiger partial charge on any atom is -0.379 e. The maximum absolute atomic E-state index is 11.7. The van der Waals surface area contributed by atoms with Gasteiger partial charge >= 0.3 is 0 Å². The van der Waals surface area contributed by atoms with Crippen molar-refractivity contribution in [1.29, 1.82) is 0 Å². The van der Waals surface area contributed by atoms with Crippen LogP contribution in [0.5, 0.6) is 0 Å². The van der Waals surface area contributed by atoms with Crippen LogP contribution in [0.25, 0.3) is 0 Å². The number of rotatable bonds is 7. The van der Waals surface area contributed by atoms with Crippen molar-refractivity contribution in [3.8, 4) is 0 Å². The molecule has 8 heteroatoms. The van der Waals surface area contributed by atoms with E-state index in [0.29, 0.717) is 12.5 Å². The summed E-state index contributed by atoms with van der Waals surface area (Å²) in [5, 5.41) is 6.82. The molecule has 1 atom stereocenters. The zero-order chi connectivity index (χ0) is 17.2. The number of amides is 1. The molecule has 25 heavy (non-hydrogen) atoms. The first kappa shape index (κ1) is 22.4. The van der Waals surface area contributed by atoms with Gasteiger partial charge in [0.2, 0.25) is 5.91 Å². The lowest BCUT2D eigenvalue weighted by Gasteiger charge is -2.26. The van der Waals surface area contributed by atoms with E-state index in [9.17, 15) is 4.79 Å². The Labute approximate surface area is 169 Å². The number of hydrogen-bond donors (Lipinski definition) is 2. The smallest absolute Gasteiger partial charge is 0.222 e. The fraction of sp³-hybridized carbons (Fsp3) is 0.882. The Morgan fingerprint density at radius 3 is 2.68 bits per heavy atom. The number of likely N-dealkylation sites (tertiary alicyclic amines) is 1. The van der Waals surface area contributed by atoms with E-state index in [1.54, 1.807) is 7.05 Å². The maximum atomic E-state index is 11.7. The third-order valence-corrected chi connectivity index (χ3v) is 4.71. The van der Waals surface area contributed by atoms with Gasteiger partial charge in [-0.2, -0.15) is 0 Å². The van der Waals surface area contributed by atoms with Crippen LogP contribution in [0.4, 0.5) is 0 Å². The number of nitrogens with zero attached hydrogens (tertiary/aromatic N) is 3. The molecule has 2 fully saturated rings. The van der Waals surface area contributed by atoms with Crippen LogP contribution in [-0.4, -0.2) is 87.2 Å². The summed E-state index contributed by atoms with van der Waals surface area (Å²) in [7, 11) is 1.80. The van der Waals surface area contributed by atoms with Gasteiger partial charge in [-0.15, -0.1) is 24.0 Å². The lowest BCUT2D eigenvalue weighted by molar-refractivity contribution is -0.129. The van der Waals surface area contributed by atoms with Gasteiger partial charge in [0.1, 0.15) is 0 Å². The van der Waals surface area contributed by atoms with Crippen molar-refractivity contribution in [2.75, 3.05) is 59.5 Å². The second kappa shape index (κ2) is 12.7. The van der Waals surface area contributed by atoms with Crippen LogP contribution in [0.2, 0.25) is 0 Å². The van der Waals surface area contributed by atoms with Crippen LogP contribution in [0.3, 0.4) is 0 Å². The van der Waals surface area contributed by atoms with Crippen LogP contribution >= 0.6 is 24.0 Å². The SMILES string of the molecule is CCC(=O)N1CCC(NC(=NC)NCCCCN2CCOCC2)C1.I. The van der Waals surface area contributed by atoms with E-state index in [1.165, 1.54) is 6.42 Å². The topological polar surface area (TPSA) is 69.2 Å². The number of aliphatic imine (C=N–C) groups is 1. The van der Waals surface area contributed by atoms with E-state index in [0.717, 1.165) is 71.3 Å². The number of guanidine groups is 1. The molecule has 0 saturated carbocycles. The molecule has 2 heterocycles. The quantitative estimate of drug-likeness (QED) is 0.252. The maximum Gasteiger partial charge on any atom is 0.222 e. The van der Waals surface area contributed by atoms with E-state index in [1.807, 2.05) is 11.8 Å². The van der Waals surface area contributed by atoms with Gasteiger partial charge < -0.3 is 20.3 Å². The Balaban J connectivity index is 0.00000312. The highest BCUT2D eigenvalue weighted by Gasteiger charge is 2.25. The second-order valence-electron chi connectivity index (χ2n) is 6.48. The molecule has 1 amide bonds. The van der Waals surface area contributed by atoms with Gasteiger partial charge in [-0.3, -0.25) is 14.7 Å². The van der Waals surface area contributed by atoms with Crippen molar-refractivity contribution in [2.45, 2.75) is 38.6 Å². The number of unbranched alkanes of at least 4 members (excludes halogenated alkanes) is 1. The normalized spacial score (nSPS) is 21.8. The molecule has 0 aromatic carbocycles. The highest BCUT2D eigenvalue weighted by molar-refractivity contribution is 14.0. The van der Waals surface area contributed by atoms with Gasteiger partial charge in [0.05, 0.1) is 13.2 Å². The van der Waals surface area contributed by atoms with Crippen LogP contribution in [0.1, 0.15) is 32.6 Å². The standard InChI is InChI=1S/C17H33N5O2.HI/c1-3-16(23)22-9-6-15(14-22)20-17(18-2)19-7-4-5-8-21-10-12-24-13-11-21;/h15H,3-14H2,1-2H3,(H2,18,19,20);1H. The summed E-state index contributed by atoms with van der Waals surface area (Å²) in [5.41, 5.74) is 0. The lowest BCUT2D eigenvalue weighted by atomic mass is 10.2. The van der Waals surface area contributed by atoms with Crippen molar-refractivity contribution in [3.05, 3.63) is 0 Å². The summed E-state index contributed by atoms with van der Waals surface area (Å²) in [6.07, 6.45) is 3.89. The first-order chi connectivity index (χ1) is 11.7. The molecule has 2 N–H and O–H groups in total. The summed E-state index contributed by atoms with van der Waals surface area (Å²) in [5.74, 6) is 1.09. The van der Waals surface area contributed by atoms with Gasteiger partial charge in [0, 0.05) is 52.2 Å². The third-order valence-electron chi connectivity index (χ3n) is 4.71. The summed E-state index contributed by atoms with van der Waals surface area (Å²) in [6, 6.07) is 0.306. The average molecular weight is 467 g/mol. The van der Waals surface area contributed by atoms with E-state index < -0.39 is 0 Å². The van der Waals surface area contributed by atoms with Crippen molar-refractivity contribution in [2.24, 2.45) is 4.99 Å². The summed E-state index contributed by atoms with van der Waals surface area (Å²) < 4.78 is 5.36. The Hall–Kier alpha value is -0.610. The molecule has 7 nitrogen and oxygen atoms in total. The fourth-order valence-corrected chi connectivity index (χ4v) is 3.21. The van der Waals surface area contributed by atoms with Crippen molar-refractivity contribution >= 4 is 35.8 Å². The molecule has 0 spiro atoms. The Bertz CT molecular complexity index is 416. The van der Waals surface area contributed by atoms with E-state index in [4.69, 9.17) is 4.74 Å². The molecule has 0 aliphatic carbocycles. The van der Waals surface area contributed by atoms with Crippen LogP contribution in [0.15, 0.2) is 4.99 Å². The molecule has 0 radical (unpaired) electrons. The summed E-state index contributed by atoms with van der Waals surface area (Å²) in [4.78, 5) is 20.4. The third kappa shape index (κ3) is 8.08. The van der Waals surface area contributed by atoms with Gasteiger partial charge in [-0.1, -0.05) is 6.92 Å². The molecule has 2 aliphatic rings. The second-order valence-corrected chi connectivity index (χ2v) is 6.48. The zero-order valence-electron chi connectivity index (χ0n) is 15.6. The van der Waals surface area contributed by atoms with E-state index in [-0.39, 0.29) is 29.9 Å². The number of halogens is 1. The van der Waals surface area contributed by atoms with Gasteiger partial charge in [0.15, 0.2) is 5.96 Å². The number of carbonyl (C=O) groups is 1. The monoisotopic (exact) mass is 467 g/mol. The predicted octanol–water partition coefficient (Wildman–Crippen LogP) is 0.893. The summed E-state index contributed by atoms with van der Waals surface area (Å²) >= 11 is 0. The van der Waals surface area contributed by atoms with Crippen molar-refractivity contribution in [1.82, 2.24) is 20.4 Å². The lowest BCUT2D eigenvalue weighted by Crippen LogP contribution is -2.45. The molecule has 2 rings (SSSR count). The Morgan fingerprint density at radius 2 is 2.00 bits per heavy atom. The van der Waals surface area contributed by atoms with E-state index >= 15 is 0 Å². The minimum atomic E-state index is 0. The first-order valence-corrected chi connectivity index (χ1v) is 9.28. The van der Waals surface area contributed by atoms with Gasteiger partial charge in [0.25, 0.3) is 0 Å². The largest absolute Gasteiger partial charge is 0.379 e. The molecule has 0 aromatic rings. The number of nitrogens with one attached hydrogen (secondary N) is 2. The van der Waals surface area contributed by atoms with Crippen molar-refractivity contribution < 1.29 is 9.53 Å². The first-order valence-electron chi connectivity index (χ1n) is 9.28. The molecule has 1 unspecified atom stereocenters. The number of carbonyl (C=O) groups excluding carboxylic acids is 1. The highest BCUT2D eigenvalue weighted by atomic mass is 127. The Kier molecular flexibility index (Phi) is 11.4. The molecule has 0 bridgehead atoms. The molecular weight excluding hydrogens is 433 g/mol. The molecular formula is C17H34IN5O2. The molecule has 2 saturated heterocycles.